The molecule has 74 valence electrons. The molecule has 2 aromatic rings. The highest BCUT2D eigenvalue weighted by Crippen LogP contribution is 2.25. The summed E-state index contributed by atoms with van der Waals surface area (Å²) in [6.45, 7) is 2.13. The van der Waals surface area contributed by atoms with Gasteiger partial charge in [0, 0.05) is 23.2 Å². The van der Waals surface area contributed by atoms with Crippen molar-refractivity contribution in [1.29, 1.82) is 0 Å². The van der Waals surface area contributed by atoms with Crippen molar-refractivity contribution < 1.29 is 4.42 Å². The van der Waals surface area contributed by atoms with E-state index in [0.717, 1.165) is 23.8 Å². The normalized spacial score (nSPS) is 13.3. The molecule has 0 aliphatic heterocycles. The van der Waals surface area contributed by atoms with Crippen LogP contribution in [0.2, 0.25) is 0 Å². The van der Waals surface area contributed by atoms with Gasteiger partial charge in [-0.1, -0.05) is 13.3 Å². The first-order valence-corrected chi connectivity index (χ1v) is 4.90. The van der Waals surface area contributed by atoms with E-state index >= 15 is 0 Å². The monoisotopic (exact) mass is 190 g/mol. The second-order valence-corrected chi connectivity index (χ2v) is 3.44. The lowest BCUT2D eigenvalue weighted by Crippen LogP contribution is -2.08. The summed E-state index contributed by atoms with van der Waals surface area (Å²) < 4.78 is 5.33. The maximum Gasteiger partial charge on any atom is 0.226 e. The van der Waals surface area contributed by atoms with E-state index in [2.05, 4.69) is 11.9 Å². The summed E-state index contributed by atoms with van der Waals surface area (Å²) in [7, 11) is 0. The molecule has 3 heteroatoms. The molecule has 0 bridgehead atoms. The number of nitrogens with two attached hydrogens (primary N) is 1. The van der Waals surface area contributed by atoms with E-state index in [0.29, 0.717) is 5.71 Å². The largest absolute Gasteiger partial charge is 0.446 e. The number of nitrogens with zero attached hydrogens (tertiary/aromatic N) is 1. The Morgan fingerprint density at radius 2 is 2.43 bits per heavy atom. The van der Waals surface area contributed by atoms with Crippen LogP contribution in [0, 0.1) is 0 Å². The van der Waals surface area contributed by atoms with Crippen LogP contribution in [0.1, 0.15) is 31.4 Å². The fraction of sp³-hybridized carbons (Fsp3) is 0.364. The molecule has 2 rings (SSSR count). The Labute approximate surface area is 82.9 Å². The molecule has 0 radical (unpaired) electrons. The molecule has 0 aromatic carbocycles. The van der Waals surface area contributed by atoms with Crippen LogP contribution >= 0.6 is 0 Å². The highest BCUT2D eigenvalue weighted by atomic mass is 16.3. The van der Waals surface area contributed by atoms with Crippen LogP contribution in [0.15, 0.2) is 29.0 Å². The molecule has 2 heterocycles. The third kappa shape index (κ3) is 1.51. The highest BCUT2D eigenvalue weighted by Gasteiger charge is 2.12. The smallest absolute Gasteiger partial charge is 0.226 e. The first-order valence-electron chi connectivity index (χ1n) is 4.90. The van der Waals surface area contributed by atoms with Crippen molar-refractivity contribution in [2.45, 2.75) is 25.8 Å². The molecule has 2 N–H and O–H groups in total. The van der Waals surface area contributed by atoms with Gasteiger partial charge in [0.25, 0.3) is 0 Å². The Kier molecular flexibility index (Phi) is 2.50. The lowest BCUT2D eigenvalue weighted by molar-refractivity contribution is 0.578. The molecule has 1 unspecified atom stereocenters. The van der Waals surface area contributed by atoms with Gasteiger partial charge in [-0.15, -0.1) is 0 Å². The number of aromatic nitrogens is 1. The second kappa shape index (κ2) is 3.80. The van der Waals surface area contributed by atoms with E-state index in [4.69, 9.17) is 10.2 Å². The van der Waals surface area contributed by atoms with Crippen LogP contribution < -0.4 is 5.73 Å². The van der Waals surface area contributed by atoms with Crippen LogP contribution in [0.5, 0.6) is 0 Å². The van der Waals surface area contributed by atoms with Crippen LogP contribution in [0.3, 0.4) is 0 Å². The molecule has 0 aliphatic carbocycles. The summed E-state index contributed by atoms with van der Waals surface area (Å²) in [5.74, 6) is 0. The molecule has 0 saturated heterocycles. The molecule has 14 heavy (non-hydrogen) atoms. The molecule has 1 atom stereocenters. The molecule has 0 spiro atoms. The maximum atomic E-state index is 6.03. The standard InChI is InChI=1S/C11H14N2O/c1-2-4-10(12)9-7-14-11-8(9)5-3-6-13-11/h3,5-7,10H,2,4,12H2,1H3. The van der Waals surface area contributed by atoms with Crippen molar-refractivity contribution >= 4 is 11.1 Å². The fourth-order valence-electron chi connectivity index (χ4n) is 1.64. The predicted octanol–water partition coefficient (Wildman–Crippen LogP) is 2.63. The summed E-state index contributed by atoms with van der Waals surface area (Å²) >= 11 is 0. The lowest BCUT2D eigenvalue weighted by atomic mass is 10.0. The molecule has 3 nitrogen and oxygen atoms in total. The Bertz CT molecular complexity index is 422. The van der Waals surface area contributed by atoms with Gasteiger partial charge >= 0.3 is 0 Å². The summed E-state index contributed by atoms with van der Waals surface area (Å²) in [6, 6.07) is 3.96. The fourth-order valence-corrected chi connectivity index (χ4v) is 1.64. The first kappa shape index (κ1) is 9.21. The summed E-state index contributed by atoms with van der Waals surface area (Å²) in [6.07, 6.45) is 5.50. The van der Waals surface area contributed by atoms with E-state index in [9.17, 15) is 0 Å². The quantitative estimate of drug-likeness (QED) is 0.809. The highest BCUT2D eigenvalue weighted by molar-refractivity contribution is 5.77. The van der Waals surface area contributed by atoms with Crippen LogP contribution in [0.4, 0.5) is 0 Å². The predicted molar refractivity (Wildman–Crippen MR) is 55.8 cm³/mol. The van der Waals surface area contributed by atoms with Crippen molar-refractivity contribution in [3.8, 4) is 0 Å². The van der Waals surface area contributed by atoms with Gasteiger partial charge in [-0.05, 0) is 18.6 Å². The summed E-state index contributed by atoms with van der Waals surface area (Å²) in [5, 5.41) is 1.04. The zero-order valence-corrected chi connectivity index (χ0v) is 8.23. The van der Waals surface area contributed by atoms with E-state index in [1.165, 1.54) is 0 Å². The van der Waals surface area contributed by atoms with Crippen molar-refractivity contribution in [3.05, 3.63) is 30.2 Å². The van der Waals surface area contributed by atoms with Crippen molar-refractivity contribution in [3.63, 3.8) is 0 Å². The topological polar surface area (TPSA) is 52.0 Å². The molecule has 0 fully saturated rings. The van der Waals surface area contributed by atoms with E-state index in [1.54, 1.807) is 12.5 Å². The average Bonchev–Trinajstić information content (AvgIpc) is 2.61. The third-order valence-corrected chi connectivity index (χ3v) is 2.38. The molecule has 0 aliphatic rings. The first-order chi connectivity index (χ1) is 6.83. The number of fused-ring (bicyclic) bond motifs is 1. The van der Waals surface area contributed by atoms with Crippen LogP contribution in [0.25, 0.3) is 11.1 Å². The van der Waals surface area contributed by atoms with Crippen molar-refractivity contribution in [1.82, 2.24) is 4.98 Å². The molecule has 0 amide bonds. The second-order valence-electron chi connectivity index (χ2n) is 3.44. The van der Waals surface area contributed by atoms with Gasteiger partial charge in [0.1, 0.15) is 0 Å². The molecular weight excluding hydrogens is 176 g/mol. The van der Waals surface area contributed by atoms with E-state index in [1.807, 2.05) is 12.1 Å². The maximum absolute atomic E-state index is 6.03. The Morgan fingerprint density at radius 1 is 1.57 bits per heavy atom. The van der Waals surface area contributed by atoms with Gasteiger partial charge in [0.05, 0.1) is 6.26 Å². The van der Waals surface area contributed by atoms with E-state index < -0.39 is 0 Å². The Balaban J connectivity index is 2.42. The van der Waals surface area contributed by atoms with Crippen molar-refractivity contribution in [2.24, 2.45) is 5.73 Å². The zero-order chi connectivity index (χ0) is 9.97. The van der Waals surface area contributed by atoms with Gasteiger partial charge in [-0.25, -0.2) is 4.98 Å². The summed E-state index contributed by atoms with van der Waals surface area (Å²) in [4.78, 5) is 4.12. The van der Waals surface area contributed by atoms with Crippen LogP contribution in [-0.2, 0) is 0 Å². The minimum Gasteiger partial charge on any atom is -0.446 e. The minimum atomic E-state index is 0.0606. The third-order valence-electron chi connectivity index (χ3n) is 2.38. The Morgan fingerprint density at radius 3 is 3.21 bits per heavy atom. The molecule has 0 saturated carbocycles. The number of hydrogen-bond donors (Lipinski definition) is 1. The van der Waals surface area contributed by atoms with Gasteiger partial charge in [0.2, 0.25) is 5.71 Å². The molecular formula is C11H14N2O. The van der Waals surface area contributed by atoms with E-state index in [-0.39, 0.29) is 6.04 Å². The van der Waals surface area contributed by atoms with Gasteiger partial charge < -0.3 is 10.2 Å². The van der Waals surface area contributed by atoms with Crippen molar-refractivity contribution in [2.75, 3.05) is 0 Å². The Hall–Kier alpha value is -1.35. The SMILES string of the molecule is CCCC(N)c1coc2ncccc12. The lowest BCUT2D eigenvalue weighted by Gasteiger charge is -2.07. The molecule has 2 aromatic heterocycles. The number of pyridine rings is 1. The minimum absolute atomic E-state index is 0.0606. The average molecular weight is 190 g/mol. The van der Waals surface area contributed by atoms with Gasteiger partial charge in [-0.2, -0.15) is 0 Å². The number of hydrogen-bond acceptors (Lipinski definition) is 3. The van der Waals surface area contributed by atoms with Gasteiger partial charge in [0.15, 0.2) is 0 Å². The number of furan rings is 1. The van der Waals surface area contributed by atoms with Crippen LogP contribution in [-0.4, -0.2) is 4.98 Å². The number of rotatable bonds is 3. The zero-order valence-electron chi connectivity index (χ0n) is 8.23. The van der Waals surface area contributed by atoms with Gasteiger partial charge in [-0.3, -0.25) is 0 Å². The summed E-state index contributed by atoms with van der Waals surface area (Å²) in [5.41, 5.74) is 7.77.